The number of carbonyl (C=O) groups excluding carboxylic acids is 1. The molecule has 56 valence electrons. The minimum atomic E-state index is -0.491. The zero-order chi connectivity index (χ0) is 7.56. The summed E-state index contributed by atoms with van der Waals surface area (Å²) >= 11 is 0. The molecule has 1 unspecified atom stereocenters. The van der Waals surface area contributed by atoms with E-state index in [0.717, 1.165) is 6.42 Å². The summed E-state index contributed by atoms with van der Waals surface area (Å²) in [5.74, 6) is 0.0570. The number of aliphatic hydroxyl groups is 1. The highest BCUT2D eigenvalue weighted by molar-refractivity contribution is 5.78. The van der Waals surface area contributed by atoms with E-state index in [1.807, 2.05) is 0 Å². The molecule has 1 aliphatic rings. The van der Waals surface area contributed by atoms with Crippen molar-refractivity contribution in [2.24, 2.45) is 0 Å². The van der Waals surface area contributed by atoms with Crippen molar-refractivity contribution in [3.63, 3.8) is 0 Å². The van der Waals surface area contributed by atoms with Gasteiger partial charge < -0.3 is 10.0 Å². The van der Waals surface area contributed by atoms with E-state index < -0.39 is 6.04 Å². The lowest BCUT2D eigenvalue weighted by molar-refractivity contribution is -0.129. The van der Waals surface area contributed by atoms with Crippen molar-refractivity contribution in [2.45, 2.75) is 18.9 Å². The molecule has 1 rings (SSSR count). The van der Waals surface area contributed by atoms with Gasteiger partial charge in [0.25, 0.3) is 0 Å². The van der Waals surface area contributed by atoms with Gasteiger partial charge in [-0.05, 0) is 13.3 Å². The number of aliphatic hydroxyl groups excluding tert-OH is 1. The van der Waals surface area contributed by atoms with Crippen LogP contribution in [-0.2, 0) is 4.79 Å². The summed E-state index contributed by atoms with van der Waals surface area (Å²) in [4.78, 5) is 12.4. The van der Waals surface area contributed by atoms with Crippen LogP contribution in [0.15, 0.2) is 0 Å². The second kappa shape index (κ2) is 3.01. The van der Waals surface area contributed by atoms with Crippen molar-refractivity contribution >= 4 is 5.91 Å². The highest BCUT2D eigenvalue weighted by atomic mass is 16.3. The monoisotopic (exact) mass is 141 g/mol. The molecular weight excluding hydrogens is 130 g/mol. The standard InChI is InChI=1S/C7H11NO2/c1-6(5-9)8-4-2-3-7(8)10/h1,6,9H,2-5H2. The molecular formula is C7H11NO2. The Morgan fingerprint density at radius 3 is 2.90 bits per heavy atom. The third kappa shape index (κ3) is 1.29. The molecule has 1 heterocycles. The smallest absolute Gasteiger partial charge is 0.222 e. The van der Waals surface area contributed by atoms with Gasteiger partial charge >= 0.3 is 0 Å². The average Bonchev–Trinajstić information content (AvgIpc) is 2.34. The van der Waals surface area contributed by atoms with Crippen LogP contribution >= 0.6 is 0 Å². The fourth-order valence-electron chi connectivity index (χ4n) is 1.12. The zero-order valence-corrected chi connectivity index (χ0v) is 5.79. The molecule has 0 aliphatic carbocycles. The minimum Gasteiger partial charge on any atom is -0.394 e. The van der Waals surface area contributed by atoms with Gasteiger partial charge in [0, 0.05) is 13.0 Å². The molecule has 1 fully saturated rings. The van der Waals surface area contributed by atoms with E-state index >= 15 is 0 Å². The first kappa shape index (κ1) is 7.54. The van der Waals surface area contributed by atoms with Crippen molar-refractivity contribution in [3.05, 3.63) is 6.92 Å². The van der Waals surface area contributed by atoms with Crippen molar-refractivity contribution in [2.75, 3.05) is 13.2 Å². The molecule has 0 bridgehead atoms. The number of amides is 1. The molecule has 0 aromatic heterocycles. The fourth-order valence-corrected chi connectivity index (χ4v) is 1.12. The van der Waals surface area contributed by atoms with Gasteiger partial charge in [0.05, 0.1) is 12.6 Å². The summed E-state index contributed by atoms with van der Waals surface area (Å²) < 4.78 is 0. The summed E-state index contributed by atoms with van der Waals surface area (Å²) in [6.45, 7) is 5.97. The van der Waals surface area contributed by atoms with Gasteiger partial charge in [-0.25, -0.2) is 0 Å². The molecule has 10 heavy (non-hydrogen) atoms. The largest absolute Gasteiger partial charge is 0.394 e. The molecule has 1 atom stereocenters. The van der Waals surface area contributed by atoms with Gasteiger partial charge in [0.2, 0.25) is 5.91 Å². The molecule has 1 amide bonds. The third-order valence-electron chi connectivity index (χ3n) is 1.70. The highest BCUT2D eigenvalue weighted by Gasteiger charge is 2.24. The van der Waals surface area contributed by atoms with Crippen LogP contribution in [0.1, 0.15) is 12.8 Å². The van der Waals surface area contributed by atoms with Gasteiger partial charge in [-0.2, -0.15) is 0 Å². The van der Waals surface area contributed by atoms with Crippen molar-refractivity contribution in [3.8, 4) is 0 Å². The maximum atomic E-state index is 10.9. The lowest BCUT2D eigenvalue weighted by Crippen LogP contribution is -2.36. The SMILES string of the molecule is [CH]C(CO)N1CCCC1=O. The molecule has 0 aromatic rings. The molecule has 0 aromatic carbocycles. The van der Waals surface area contributed by atoms with E-state index in [9.17, 15) is 4.79 Å². The van der Waals surface area contributed by atoms with Crippen LogP contribution in [0.4, 0.5) is 0 Å². The first-order chi connectivity index (χ1) is 4.75. The Morgan fingerprint density at radius 2 is 2.50 bits per heavy atom. The second-order valence-corrected chi connectivity index (χ2v) is 2.44. The minimum absolute atomic E-state index is 0.0570. The van der Waals surface area contributed by atoms with Crippen LogP contribution < -0.4 is 0 Å². The van der Waals surface area contributed by atoms with Crippen LogP contribution in [0, 0.1) is 6.92 Å². The zero-order valence-electron chi connectivity index (χ0n) is 5.79. The molecule has 0 saturated carbocycles. The van der Waals surface area contributed by atoms with E-state index in [1.54, 1.807) is 0 Å². The Hall–Kier alpha value is -0.570. The van der Waals surface area contributed by atoms with Crippen LogP contribution in [-0.4, -0.2) is 35.1 Å². The van der Waals surface area contributed by atoms with Gasteiger partial charge in [-0.1, -0.05) is 0 Å². The van der Waals surface area contributed by atoms with Gasteiger partial charge in [-0.15, -0.1) is 0 Å². The van der Waals surface area contributed by atoms with Crippen molar-refractivity contribution in [1.82, 2.24) is 4.90 Å². The van der Waals surface area contributed by atoms with E-state index in [2.05, 4.69) is 0 Å². The first-order valence-electron chi connectivity index (χ1n) is 3.41. The maximum Gasteiger partial charge on any atom is 0.222 e. The Kier molecular flexibility index (Phi) is 2.27. The number of hydrogen-bond donors (Lipinski definition) is 1. The normalized spacial score (nSPS) is 21.8. The molecule has 3 heteroatoms. The lowest BCUT2D eigenvalue weighted by Gasteiger charge is -2.21. The summed E-state index contributed by atoms with van der Waals surface area (Å²) in [6.07, 6.45) is 1.44. The number of nitrogens with zero attached hydrogens (tertiary/aromatic N) is 1. The van der Waals surface area contributed by atoms with Crippen LogP contribution in [0.2, 0.25) is 0 Å². The maximum absolute atomic E-state index is 10.9. The predicted octanol–water partition coefficient (Wildman–Crippen LogP) is -0.319. The summed E-state index contributed by atoms with van der Waals surface area (Å²) in [6, 6.07) is -0.491. The molecule has 0 spiro atoms. The Labute approximate surface area is 60.6 Å². The lowest BCUT2D eigenvalue weighted by atomic mass is 10.3. The summed E-state index contributed by atoms with van der Waals surface area (Å²) in [5, 5.41) is 8.59. The first-order valence-corrected chi connectivity index (χ1v) is 3.41. The Balaban J connectivity index is 2.46. The topological polar surface area (TPSA) is 40.5 Å². The number of rotatable bonds is 2. The number of likely N-dealkylation sites (tertiary alicyclic amines) is 1. The highest BCUT2D eigenvalue weighted by Crippen LogP contribution is 2.12. The van der Waals surface area contributed by atoms with Crippen molar-refractivity contribution in [1.29, 1.82) is 0 Å². The number of hydrogen-bond acceptors (Lipinski definition) is 2. The van der Waals surface area contributed by atoms with Crippen molar-refractivity contribution < 1.29 is 9.90 Å². The van der Waals surface area contributed by atoms with E-state index in [1.165, 1.54) is 4.90 Å². The van der Waals surface area contributed by atoms with Crippen LogP contribution in [0.25, 0.3) is 0 Å². The average molecular weight is 141 g/mol. The Bertz CT molecular complexity index is 136. The van der Waals surface area contributed by atoms with Crippen LogP contribution in [0.5, 0.6) is 0 Å². The number of carbonyl (C=O) groups is 1. The van der Waals surface area contributed by atoms with Gasteiger partial charge in [0.1, 0.15) is 0 Å². The quantitative estimate of drug-likeness (QED) is 0.572. The fraction of sp³-hybridized carbons (Fsp3) is 0.714. The van der Waals surface area contributed by atoms with Gasteiger partial charge in [0.15, 0.2) is 0 Å². The Morgan fingerprint density at radius 1 is 1.80 bits per heavy atom. The molecule has 3 nitrogen and oxygen atoms in total. The van der Waals surface area contributed by atoms with E-state index in [0.29, 0.717) is 13.0 Å². The molecule has 1 N–H and O–H groups in total. The third-order valence-corrected chi connectivity index (χ3v) is 1.70. The molecule has 2 radical (unpaired) electrons. The van der Waals surface area contributed by atoms with E-state index in [4.69, 9.17) is 12.0 Å². The summed E-state index contributed by atoms with van der Waals surface area (Å²) in [7, 11) is 0. The second-order valence-electron chi connectivity index (χ2n) is 2.44. The van der Waals surface area contributed by atoms with Gasteiger partial charge in [-0.3, -0.25) is 4.79 Å². The summed E-state index contributed by atoms with van der Waals surface area (Å²) in [5.41, 5.74) is 0. The van der Waals surface area contributed by atoms with Crippen LogP contribution in [0.3, 0.4) is 0 Å². The molecule has 1 saturated heterocycles. The molecule has 1 aliphatic heterocycles. The predicted molar refractivity (Wildman–Crippen MR) is 36.1 cm³/mol. The van der Waals surface area contributed by atoms with E-state index in [-0.39, 0.29) is 12.5 Å².